The van der Waals surface area contributed by atoms with Crippen LogP contribution in [0.15, 0.2) is 30.5 Å². The Morgan fingerprint density at radius 2 is 2.13 bits per heavy atom. The number of halogens is 1. The van der Waals surface area contributed by atoms with E-state index in [-0.39, 0.29) is 10.7 Å². The van der Waals surface area contributed by atoms with Crippen molar-refractivity contribution in [1.29, 1.82) is 5.26 Å². The number of carbonyl (C=O) groups excluding carboxylic acids is 1. The number of hydrogen-bond acceptors (Lipinski definition) is 6. The summed E-state index contributed by atoms with van der Waals surface area (Å²) in [5.41, 5.74) is 3.71. The van der Waals surface area contributed by atoms with E-state index in [1.165, 1.54) is 26.5 Å². The summed E-state index contributed by atoms with van der Waals surface area (Å²) in [6, 6.07) is 8.57. The lowest BCUT2D eigenvalue weighted by Gasteiger charge is -2.15. The lowest BCUT2D eigenvalue weighted by molar-refractivity contribution is 0.0538. The molecule has 0 unspecified atom stereocenters. The first-order valence-corrected chi connectivity index (χ1v) is 6.81. The predicted octanol–water partition coefficient (Wildman–Crippen LogP) is 2.65. The third-order valence-corrected chi connectivity index (χ3v) is 3.13. The van der Waals surface area contributed by atoms with Gasteiger partial charge in [-0.05, 0) is 18.2 Å². The van der Waals surface area contributed by atoms with Gasteiger partial charge in [-0.2, -0.15) is 5.26 Å². The molecule has 23 heavy (non-hydrogen) atoms. The van der Waals surface area contributed by atoms with E-state index in [0.717, 1.165) is 0 Å². The van der Waals surface area contributed by atoms with Gasteiger partial charge in [0.1, 0.15) is 11.2 Å². The number of hydroxylamine groups is 1. The maximum Gasteiger partial charge on any atom is 0.278 e. The average Bonchev–Trinajstić information content (AvgIpc) is 2.54. The normalized spacial score (nSPS) is 9.83. The molecule has 2 aromatic rings. The average molecular weight is 333 g/mol. The Hall–Kier alpha value is -2.82. The summed E-state index contributed by atoms with van der Waals surface area (Å²) >= 11 is 5.90. The first kappa shape index (κ1) is 16.5. The Morgan fingerprint density at radius 3 is 2.78 bits per heavy atom. The van der Waals surface area contributed by atoms with Gasteiger partial charge in [-0.15, -0.1) is 0 Å². The second kappa shape index (κ2) is 7.45. The number of pyridine rings is 1. The van der Waals surface area contributed by atoms with Crippen LogP contribution in [0.2, 0.25) is 5.15 Å². The van der Waals surface area contributed by atoms with Crippen molar-refractivity contribution in [2.75, 3.05) is 19.5 Å². The number of benzene rings is 1. The van der Waals surface area contributed by atoms with Gasteiger partial charge in [-0.25, -0.2) is 10.5 Å². The van der Waals surface area contributed by atoms with Gasteiger partial charge in [0.15, 0.2) is 5.75 Å². The molecule has 1 aromatic carbocycles. The van der Waals surface area contributed by atoms with Gasteiger partial charge in [0.25, 0.3) is 5.91 Å². The van der Waals surface area contributed by atoms with E-state index in [2.05, 4.69) is 20.6 Å². The van der Waals surface area contributed by atoms with Crippen LogP contribution in [0.4, 0.5) is 11.4 Å². The minimum atomic E-state index is -0.491. The zero-order valence-corrected chi connectivity index (χ0v) is 13.1. The third-order valence-electron chi connectivity index (χ3n) is 2.92. The highest BCUT2D eigenvalue weighted by Crippen LogP contribution is 2.32. The van der Waals surface area contributed by atoms with Crippen LogP contribution in [0.5, 0.6) is 5.75 Å². The van der Waals surface area contributed by atoms with Crippen molar-refractivity contribution >= 4 is 28.9 Å². The van der Waals surface area contributed by atoms with Gasteiger partial charge < -0.3 is 10.1 Å². The number of methoxy groups -OCH3 is 1. The number of amides is 1. The standard InChI is InChI=1S/C15H13ClN4O3/c1-22-14-9(7-17)4-3-5-11(14)19-12-6-13(16)18-8-10(12)15(21)20-23-2/h3-6,8H,1-2H3,(H,18,19)(H,20,21). The molecule has 2 rings (SSSR count). The molecule has 0 radical (unpaired) electrons. The van der Waals surface area contributed by atoms with Crippen LogP contribution in [0.3, 0.4) is 0 Å². The van der Waals surface area contributed by atoms with E-state index in [1.54, 1.807) is 18.2 Å². The highest BCUT2D eigenvalue weighted by Gasteiger charge is 2.16. The summed E-state index contributed by atoms with van der Waals surface area (Å²) in [6.45, 7) is 0. The lowest BCUT2D eigenvalue weighted by Crippen LogP contribution is -2.23. The first-order chi connectivity index (χ1) is 11.1. The van der Waals surface area contributed by atoms with E-state index in [1.807, 2.05) is 6.07 Å². The molecule has 0 saturated heterocycles. The summed E-state index contributed by atoms with van der Waals surface area (Å²) in [6.07, 6.45) is 1.32. The topological polar surface area (TPSA) is 96.3 Å². The van der Waals surface area contributed by atoms with Crippen LogP contribution in [0.25, 0.3) is 0 Å². The summed E-state index contributed by atoms with van der Waals surface area (Å²) < 4.78 is 5.26. The van der Waals surface area contributed by atoms with E-state index >= 15 is 0 Å². The molecule has 0 saturated carbocycles. The van der Waals surface area contributed by atoms with Crippen LogP contribution in [0.1, 0.15) is 15.9 Å². The molecule has 0 aliphatic heterocycles. The van der Waals surface area contributed by atoms with Gasteiger partial charge in [-0.3, -0.25) is 9.63 Å². The van der Waals surface area contributed by atoms with E-state index < -0.39 is 5.91 Å². The number of aromatic nitrogens is 1. The highest BCUT2D eigenvalue weighted by atomic mass is 35.5. The van der Waals surface area contributed by atoms with Crippen molar-refractivity contribution in [2.45, 2.75) is 0 Å². The van der Waals surface area contributed by atoms with Crippen LogP contribution < -0.4 is 15.5 Å². The molecule has 1 heterocycles. The molecule has 1 amide bonds. The second-order valence-electron chi connectivity index (χ2n) is 4.31. The number of nitriles is 1. The molecular formula is C15H13ClN4O3. The van der Waals surface area contributed by atoms with Gasteiger partial charge in [0.05, 0.1) is 36.7 Å². The number of rotatable bonds is 5. The molecule has 2 N–H and O–H groups in total. The molecule has 0 aliphatic rings. The lowest BCUT2D eigenvalue weighted by atomic mass is 10.1. The van der Waals surface area contributed by atoms with Gasteiger partial charge in [-0.1, -0.05) is 17.7 Å². The number of carbonyl (C=O) groups is 1. The van der Waals surface area contributed by atoms with Crippen molar-refractivity contribution in [3.05, 3.63) is 46.7 Å². The number of ether oxygens (including phenoxy) is 1. The minimum absolute atomic E-state index is 0.205. The van der Waals surface area contributed by atoms with Gasteiger partial charge in [0.2, 0.25) is 0 Å². The number of anilines is 2. The first-order valence-electron chi connectivity index (χ1n) is 6.43. The molecule has 1 aromatic heterocycles. The summed E-state index contributed by atoms with van der Waals surface area (Å²) in [5.74, 6) is -0.129. The predicted molar refractivity (Wildman–Crippen MR) is 84.7 cm³/mol. The number of hydrogen-bond donors (Lipinski definition) is 2. The SMILES string of the molecule is CONC(=O)c1cnc(Cl)cc1Nc1cccc(C#N)c1OC. The fraction of sp³-hybridized carbons (Fsp3) is 0.133. The van der Waals surface area contributed by atoms with Crippen LogP contribution in [-0.2, 0) is 4.84 Å². The zero-order valence-electron chi connectivity index (χ0n) is 12.4. The third kappa shape index (κ3) is 3.69. The molecule has 8 heteroatoms. The van der Waals surface area contributed by atoms with Crippen molar-refractivity contribution in [1.82, 2.24) is 10.5 Å². The van der Waals surface area contributed by atoms with Gasteiger partial charge in [0, 0.05) is 6.20 Å². The van der Waals surface area contributed by atoms with Crippen molar-refractivity contribution < 1.29 is 14.4 Å². The number of nitrogens with zero attached hydrogens (tertiary/aromatic N) is 2. The Bertz CT molecular complexity index is 774. The monoisotopic (exact) mass is 332 g/mol. The Morgan fingerprint density at radius 1 is 1.35 bits per heavy atom. The van der Waals surface area contributed by atoms with E-state index in [0.29, 0.717) is 22.7 Å². The summed E-state index contributed by atoms with van der Waals surface area (Å²) in [7, 11) is 2.78. The molecule has 0 spiro atoms. The Kier molecular flexibility index (Phi) is 5.36. The zero-order chi connectivity index (χ0) is 16.8. The van der Waals surface area contributed by atoms with Crippen molar-refractivity contribution in [3.63, 3.8) is 0 Å². The fourth-order valence-corrected chi connectivity index (χ4v) is 2.11. The molecule has 0 bridgehead atoms. The van der Waals surface area contributed by atoms with Crippen LogP contribution >= 0.6 is 11.6 Å². The quantitative estimate of drug-likeness (QED) is 0.645. The molecule has 0 atom stereocenters. The van der Waals surface area contributed by atoms with E-state index in [4.69, 9.17) is 21.6 Å². The summed E-state index contributed by atoms with van der Waals surface area (Å²) in [5, 5.41) is 12.4. The second-order valence-corrected chi connectivity index (χ2v) is 4.70. The Balaban J connectivity index is 2.46. The number of para-hydroxylation sites is 1. The molecule has 0 aliphatic carbocycles. The maximum absolute atomic E-state index is 12.0. The Labute approximate surface area is 137 Å². The molecule has 0 fully saturated rings. The minimum Gasteiger partial charge on any atom is -0.493 e. The van der Waals surface area contributed by atoms with Crippen molar-refractivity contribution in [3.8, 4) is 11.8 Å². The summed E-state index contributed by atoms with van der Waals surface area (Å²) in [4.78, 5) is 20.5. The van der Waals surface area contributed by atoms with Gasteiger partial charge >= 0.3 is 0 Å². The van der Waals surface area contributed by atoms with E-state index in [9.17, 15) is 4.79 Å². The molecule has 7 nitrogen and oxygen atoms in total. The maximum atomic E-state index is 12.0. The fourth-order valence-electron chi connectivity index (χ4n) is 1.95. The molecule has 118 valence electrons. The smallest absolute Gasteiger partial charge is 0.278 e. The highest BCUT2D eigenvalue weighted by molar-refractivity contribution is 6.29. The largest absolute Gasteiger partial charge is 0.493 e. The number of nitrogens with one attached hydrogen (secondary N) is 2. The van der Waals surface area contributed by atoms with Crippen molar-refractivity contribution in [2.24, 2.45) is 0 Å². The van der Waals surface area contributed by atoms with Crippen LogP contribution in [-0.4, -0.2) is 25.1 Å². The molecular weight excluding hydrogens is 320 g/mol. The van der Waals surface area contributed by atoms with Crippen LogP contribution in [0, 0.1) is 11.3 Å².